The summed E-state index contributed by atoms with van der Waals surface area (Å²) in [6, 6.07) is 8.04. The van der Waals surface area contributed by atoms with E-state index in [1.165, 1.54) is 0 Å². The first-order valence-corrected chi connectivity index (χ1v) is 9.81. The van der Waals surface area contributed by atoms with E-state index in [0.717, 1.165) is 67.7 Å². The number of β-amino-alcohol motifs (C(OH)–C–C–N with tert-alkyl or cyclic N) is 1. The molecular formula is C21H31N3O4. The second-order valence-electron chi connectivity index (χ2n) is 7.50. The van der Waals surface area contributed by atoms with Gasteiger partial charge in [-0.25, -0.2) is 0 Å². The minimum Gasteiger partial charge on any atom is -0.491 e. The van der Waals surface area contributed by atoms with E-state index < -0.39 is 6.10 Å². The first-order valence-electron chi connectivity index (χ1n) is 9.81. The summed E-state index contributed by atoms with van der Waals surface area (Å²) in [7, 11) is 2.07. The van der Waals surface area contributed by atoms with Crippen LogP contribution in [0.3, 0.4) is 0 Å². The number of rotatable bonds is 9. The van der Waals surface area contributed by atoms with Gasteiger partial charge >= 0.3 is 0 Å². The van der Waals surface area contributed by atoms with Gasteiger partial charge in [0.25, 0.3) is 0 Å². The highest BCUT2D eigenvalue weighted by molar-refractivity contribution is 5.29. The number of ether oxygens (including phenoxy) is 2. The third kappa shape index (κ3) is 6.04. The summed E-state index contributed by atoms with van der Waals surface area (Å²) in [5.41, 5.74) is 3.24. The molecule has 1 aliphatic rings. The lowest BCUT2D eigenvalue weighted by Crippen LogP contribution is -2.42. The van der Waals surface area contributed by atoms with Crippen LogP contribution in [0.4, 0.5) is 0 Å². The van der Waals surface area contributed by atoms with Crippen molar-refractivity contribution in [1.29, 1.82) is 0 Å². The Labute approximate surface area is 166 Å². The summed E-state index contributed by atoms with van der Waals surface area (Å²) in [6.45, 7) is 9.58. The van der Waals surface area contributed by atoms with Crippen molar-refractivity contribution in [2.24, 2.45) is 0 Å². The summed E-state index contributed by atoms with van der Waals surface area (Å²) in [4.78, 5) is 4.43. The number of nitrogens with zero attached hydrogens (tertiary/aromatic N) is 3. The minimum atomic E-state index is -0.510. The van der Waals surface area contributed by atoms with Gasteiger partial charge < -0.3 is 19.1 Å². The van der Waals surface area contributed by atoms with Crippen molar-refractivity contribution in [3.63, 3.8) is 0 Å². The maximum atomic E-state index is 10.2. The quantitative estimate of drug-likeness (QED) is 0.703. The highest BCUT2D eigenvalue weighted by Gasteiger charge is 2.16. The molecule has 0 aliphatic carbocycles. The highest BCUT2D eigenvalue weighted by atomic mass is 16.5. The third-order valence-corrected chi connectivity index (χ3v) is 4.98. The summed E-state index contributed by atoms with van der Waals surface area (Å²) >= 11 is 0. The lowest BCUT2D eigenvalue weighted by atomic mass is 10.1. The van der Waals surface area contributed by atoms with Crippen LogP contribution >= 0.6 is 0 Å². The van der Waals surface area contributed by atoms with Crippen LogP contribution in [0, 0.1) is 13.8 Å². The van der Waals surface area contributed by atoms with Gasteiger partial charge in [0, 0.05) is 38.3 Å². The Morgan fingerprint density at radius 3 is 2.75 bits per heavy atom. The number of aliphatic hydroxyl groups is 1. The Morgan fingerprint density at radius 1 is 1.25 bits per heavy atom. The summed E-state index contributed by atoms with van der Waals surface area (Å²) in [6.07, 6.45) is -0.510. The minimum absolute atomic E-state index is 0.287. The lowest BCUT2D eigenvalue weighted by molar-refractivity contribution is 0.00464. The zero-order valence-corrected chi connectivity index (χ0v) is 17.1. The van der Waals surface area contributed by atoms with E-state index >= 15 is 0 Å². The molecule has 7 heteroatoms. The summed E-state index contributed by atoms with van der Waals surface area (Å²) in [5.74, 6) is 1.65. The second kappa shape index (κ2) is 10.0. The fourth-order valence-electron chi connectivity index (χ4n) is 3.43. The maximum absolute atomic E-state index is 10.2. The van der Waals surface area contributed by atoms with Gasteiger partial charge in [-0.2, -0.15) is 0 Å². The second-order valence-corrected chi connectivity index (χ2v) is 7.50. The lowest BCUT2D eigenvalue weighted by Gasteiger charge is -2.28. The molecule has 1 fully saturated rings. The van der Waals surface area contributed by atoms with Gasteiger partial charge in [-0.3, -0.25) is 9.80 Å². The van der Waals surface area contributed by atoms with Crippen LogP contribution in [0.1, 0.15) is 22.6 Å². The zero-order chi connectivity index (χ0) is 19.9. The van der Waals surface area contributed by atoms with Crippen molar-refractivity contribution in [3.8, 4) is 5.75 Å². The Kier molecular flexibility index (Phi) is 7.44. The number of benzene rings is 1. The molecule has 0 bridgehead atoms. The van der Waals surface area contributed by atoms with Gasteiger partial charge in [-0.1, -0.05) is 17.3 Å². The van der Waals surface area contributed by atoms with Crippen LogP contribution in [0.2, 0.25) is 0 Å². The first-order chi connectivity index (χ1) is 13.5. The van der Waals surface area contributed by atoms with Crippen molar-refractivity contribution in [3.05, 3.63) is 46.8 Å². The molecule has 0 radical (unpaired) electrons. The molecule has 2 aromatic rings. The van der Waals surface area contributed by atoms with Crippen LogP contribution in [-0.2, 0) is 17.8 Å². The van der Waals surface area contributed by atoms with Crippen molar-refractivity contribution in [2.45, 2.75) is 33.0 Å². The van der Waals surface area contributed by atoms with Gasteiger partial charge in [0.15, 0.2) is 0 Å². The molecule has 28 heavy (non-hydrogen) atoms. The summed E-state index contributed by atoms with van der Waals surface area (Å²) in [5, 5.41) is 14.3. The van der Waals surface area contributed by atoms with Crippen molar-refractivity contribution < 1.29 is 19.1 Å². The molecular weight excluding hydrogens is 358 g/mol. The van der Waals surface area contributed by atoms with Crippen LogP contribution in [0.5, 0.6) is 5.75 Å². The van der Waals surface area contributed by atoms with E-state index in [2.05, 4.69) is 28.1 Å². The molecule has 0 unspecified atom stereocenters. The average molecular weight is 389 g/mol. The Morgan fingerprint density at radius 2 is 2.04 bits per heavy atom. The van der Waals surface area contributed by atoms with Gasteiger partial charge in [-0.15, -0.1) is 0 Å². The predicted octanol–water partition coefficient (Wildman–Crippen LogP) is 2.00. The molecule has 0 saturated carbocycles. The molecule has 2 heterocycles. The first kappa shape index (κ1) is 20.8. The third-order valence-electron chi connectivity index (χ3n) is 4.98. The zero-order valence-electron chi connectivity index (χ0n) is 17.1. The number of aryl methyl sites for hydroxylation is 2. The smallest absolute Gasteiger partial charge is 0.138 e. The topological polar surface area (TPSA) is 71.2 Å². The molecule has 1 aromatic heterocycles. The number of hydrogen-bond donors (Lipinski definition) is 1. The largest absolute Gasteiger partial charge is 0.491 e. The highest BCUT2D eigenvalue weighted by Crippen LogP contribution is 2.18. The monoisotopic (exact) mass is 389 g/mol. The fraction of sp³-hybridized carbons (Fsp3) is 0.571. The molecule has 1 atom stereocenters. The van der Waals surface area contributed by atoms with E-state index in [1.807, 2.05) is 32.0 Å². The Hall–Kier alpha value is -1.93. The van der Waals surface area contributed by atoms with E-state index in [9.17, 15) is 5.11 Å². The Balaban J connectivity index is 1.47. The molecule has 1 saturated heterocycles. The normalized spacial score (nSPS) is 16.5. The standard InChI is InChI=1S/C21H31N3O4/c1-16-21(17(2)28-22-16)14-23(3)12-18-5-4-6-20(11-18)27-15-19(25)13-24-7-9-26-10-8-24/h4-6,11,19,25H,7-10,12-15H2,1-3H3/t19-/m0/s1. The molecule has 154 valence electrons. The molecule has 0 spiro atoms. The van der Waals surface area contributed by atoms with E-state index in [4.69, 9.17) is 14.0 Å². The maximum Gasteiger partial charge on any atom is 0.138 e. The number of hydrogen-bond acceptors (Lipinski definition) is 7. The van der Waals surface area contributed by atoms with Crippen LogP contribution in [-0.4, -0.2) is 72.7 Å². The number of morpholine rings is 1. The van der Waals surface area contributed by atoms with E-state index in [1.54, 1.807) is 0 Å². The van der Waals surface area contributed by atoms with Crippen LogP contribution in [0.15, 0.2) is 28.8 Å². The predicted molar refractivity (Wildman–Crippen MR) is 106 cm³/mol. The molecule has 1 N–H and O–H groups in total. The molecule has 0 amide bonds. The van der Waals surface area contributed by atoms with Gasteiger partial charge in [0.1, 0.15) is 24.2 Å². The van der Waals surface area contributed by atoms with Crippen molar-refractivity contribution in [2.75, 3.05) is 46.5 Å². The van der Waals surface area contributed by atoms with Gasteiger partial charge in [-0.05, 0) is 38.6 Å². The molecule has 3 rings (SSSR count). The van der Waals surface area contributed by atoms with Gasteiger partial charge in [0.2, 0.25) is 0 Å². The molecule has 1 aromatic carbocycles. The fourth-order valence-corrected chi connectivity index (χ4v) is 3.43. The number of aromatic nitrogens is 1. The molecule has 7 nitrogen and oxygen atoms in total. The van der Waals surface area contributed by atoms with E-state index in [0.29, 0.717) is 6.54 Å². The van der Waals surface area contributed by atoms with Crippen LogP contribution in [0.25, 0.3) is 0 Å². The van der Waals surface area contributed by atoms with E-state index in [-0.39, 0.29) is 6.61 Å². The van der Waals surface area contributed by atoms with Gasteiger partial charge in [0.05, 0.1) is 18.9 Å². The summed E-state index contributed by atoms with van der Waals surface area (Å²) < 4.78 is 16.4. The number of aliphatic hydroxyl groups excluding tert-OH is 1. The SMILES string of the molecule is Cc1noc(C)c1CN(C)Cc1cccc(OC[C@@H](O)CN2CCOCC2)c1. The van der Waals surface area contributed by atoms with Crippen LogP contribution < -0.4 is 4.74 Å². The van der Waals surface area contributed by atoms with Crippen molar-refractivity contribution in [1.82, 2.24) is 15.0 Å². The average Bonchev–Trinajstić information content (AvgIpc) is 2.99. The van der Waals surface area contributed by atoms with Crippen molar-refractivity contribution >= 4 is 0 Å². The Bertz CT molecular complexity index is 724. The molecule has 1 aliphatic heterocycles.